The maximum absolute atomic E-state index is 13.9. The van der Waals surface area contributed by atoms with Gasteiger partial charge in [-0.05, 0) is 65.4 Å². The van der Waals surface area contributed by atoms with Crippen molar-refractivity contribution < 1.29 is 38.9 Å². The zero-order valence-electron chi connectivity index (χ0n) is 28.9. The monoisotopic (exact) mass is 714 g/mol. The predicted octanol–water partition coefficient (Wildman–Crippen LogP) is 4.93. The molecule has 3 amide bonds. The summed E-state index contributed by atoms with van der Waals surface area (Å²) < 4.78 is 11.4. The molecule has 2 heterocycles. The van der Waals surface area contributed by atoms with Crippen LogP contribution < -0.4 is 15.4 Å². The van der Waals surface area contributed by atoms with Crippen LogP contribution in [0.5, 0.6) is 11.5 Å². The van der Waals surface area contributed by atoms with Crippen molar-refractivity contribution in [2.75, 3.05) is 13.2 Å². The first-order valence-electron chi connectivity index (χ1n) is 16.5. The Morgan fingerprint density at radius 1 is 0.961 bits per heavy atom. The Balaban J connectivity index is 1.12. The highest BCUT2D eigenvalue weighted by atomic mass is 32.1. The van der Waals surface area contributed by atoms with Gasteiger partial charge in [0.05, 0.1) is 34.4 Å². The molecule has 4 aromatic rings. The summed E-state index contributed by atoms with van der Waals surface area (Å²) in [5.41, 5.74) is 4.94. The van der Waals surface area contributed by atoms with Gasteiger partial charge in [-0.15, -0.1) is 11.3 Å². The number of likely N-dealkylation sites (tertiary alicyclic amines) is 1. The molecule has 1 aliphatic rings. The van der Waals surface area contributed by atoms with E-state index >= 15 is 0 Å². The van der Waals surface area contributed by atoms with Crippen molar-refractivity contribution in [1.82, 2.24) is 20.5 Å². The normalized spacial score (nSPS) is 16.4. The van der Waals surface area contributed by atoms with Crippen LogP contribution in [0.2, 0.25) is 0 Å². The van der Waals surface area contributed by atoms with Gasteiger partial charge in [-0.1, -0.05) is 57.2 Å². The minimum absolute atomic E-state index is 0.0217. The quantitative estimate of drug-likeness (QED) is 0.150. The molecule has 5 rings (SSSR count). The smallest absolute Gasteiger partial charge is 0.335 e. The molecule has 1 aromatic heterocycles. The Hall–Kier alpha value is -5.11. The van der Waals surface area contributed by atoms with Crippen molar-refractivity contribution in [3.63, 3.8) is 0 Å². The second kappa shape index (κ2) is 16.3. The molecular formula is C38H42N4O8S. The first kappa shape index (κ1) is 37.2. The van der Waals surface area contributed by atoms with E-state index in [1.165, 1.54) is 17.0 Å². The van der Waals surface area contributed by atoms with Crippen LogP contribution in [0.1, 0.15) is 54.4 Å². The fourth-order valence-electron chi connectivity index (χ4n) is 5.70. The number of carboxylic acids is 1. The number of ether oxygens (including phenoxy) is 2. The largest absolute Gasteiger partial charge is 0.478 e. The summed E-state index contributed by atoms with van der Waals surface area (Å²) in [6.07, 6.45) is -0.781. The van der Waals surface area contributed by atoms with E-state index in [0.717, 1.165) is 27.3 Å². The number of carbonyl (C=O) groups is 4. The molecule has 12 nitrogen and oxygen atoms in total. The van der Waals surface area contributed by atoms with E-state index < -0.39 is 41.4 Å². The number of rotatable bonds is 13. The Bertz CT molecular complexity index is 1840. The van der Waals surface area contributed by atoms with Crippen LogP contribution in [-0.2, 0) is 32.3 Å². The number of benzene rings is 3. The molecule has 1 unspecified atom stereocenters. The molecule has 0 aliphatic carbocycles. The lowest BCUT2D eigenvalue weighted by atomic mass is 9.85. The Labute approximate surface area is 300 Å². The number of aliphatic hydroxyl groups excluding tert-OH is 1. The summed E-state index contributed by atoms with van der Waals surface area (Å²) in [5, 5.41) is 25.2. The Morgan fingerprint density at radius 3 is 2.18 bits per heavy atom. The fourth-order valence-corrected chi connectivity index (χ4v) is 6.51. The average molecular weight is 715 g/mol. The Kier molecular flexibility index (Phi) is 11.9. The minimum Gasteiger partial charge on any atom is -0.478 e. The second-order valence-corrected chi connectivity index (χ2v) is 14.4. The van der Waals surface area contributed by atoms with E-state index in [1.807, 2.05) is 52.0 Å². The van der Waals surface area contributed by atoms with Gasteiger partial charge in [-0.3, -0.25) is 14.4 Å². The first-order chi connectivity index (χ1) is 24.3. The van der Waals surface area contributed by atoms with E-state index in [2.05, 4.69) is 15.6 Å². The average Bonchev–Trinajstić information content (AvgIpc) is 3.71. The molecule has 0 spiro atoms. The van der Waals surface area contributed by atoms with Crippen LogP contribution in [0, 0.1) is 12.3 Å². The lowest BCUT2D eigenvalue weighted by molar-refractivity contribution is -0.144. The summed E-state index contributed by atoms with van der Waals surface area (Å²) in [5.74, 6) is -1.31. The number of amides is 3. The van der Waals surface area contributed by atoms with Crippen LogP contribution in [0.4, 0.5) is 0 Å². The number of aromatic carboxylic acids is 1. The molecular weight excluding hydrogens is 673 g/mol. The number of hydrogen-bond acceptors (Lipinski definition) is 9. The number of carboxylic acid groups (broad SMARTS) is 1. The van der Waals surface area contributed by atoms with Gasteiger partial charge in [0, 0.05) is 19.5 Å². The van der Waals surface area contributed by atoms with Crippen LogP contribution in [0.25, 0.3) is 10.4 Å². The highest BCUT2D eigenvalue weighted by Crippen LogP contribution is 2.29. The van der Waals surface area contributed by atoms with Crippen molar-refractivity contribution in [1.29, 1.82) is 0 Å². The summed E-state index contributed by atoms with van der Waals surface area (Å²) in [6, 6.07) is 19.1. The van der Waals surface area contributed by atoms with Crippen molar-refractivity contribution in [2.45, 2.75) is 65.5 Å². The number of aryl methyl sites for hydroxylation is 1. The van der Waals surface area contributed by atoms with E-state index in [-0.39, 0.29) is 44.2 Å². The predicted molar refractivity (Wildman–Crippen MR) is 191 cm³/mol. The number of carbonyl (C=O) groups excluding carboxylic acids is 3. The van der Waals surface area contributed by atoms with Crippen molar-refractivity contribution >= 4 is 35.0 Å². The van der Waals surface area contributed by atoms with Gasteiger partial charge in [-0.25, -0.2) is 9.78 Å². The zero-order chi connectivity index (χ0) is 36.7. The minimum atomic E-state index is -1.02. The first-order valence-corrected chi connectivity index (χ1v) is 17.4. The third-order valence-corrected chi connectivity index (χ3v) is 9.45. The summed E-state index contributed by atoms with van der Waals surface area (Å²) in [6.45, 7) is 7.48. The zero-order valence-corrected chi connectivity index (χ0v) is 29.7. The number of nitrogens with one attached hydrogen (secondary N) is 2. The topological polar surface area (TPSA) is 167 Å². The number of thiazole rings is 1. The third-order valence-electron chi connectivity index (χ3n) is 8.47. The fraction of sp³-hybridized carbons (Fsp3) is 0.342. The van der Waals surface area contributed by atoms with Gasteiger partial charge in [0.15, 0.2) is 0 Å². The molecule has 0 radical (unpaired) electrons. The molecule has 4 N–H and O–H groups in total. The highest BCUT2D eigenvalue weighted by Gasteiger charge is 2.44. The molecule has 51 heavy (non-hydrogen) atoms. The van der Waals surface area contributed by atoms with Gasteiger partial charge in [-0.2, -0.15) is 0 Å². The van der Waals surface area contributed by atoms with E-state index in [1.54, 1.807) is 53.2 Å². The van der Waals surface area contributed by atoms with Crippen molar-refractivity contribution in [2.24, 2.45) is 5.41 Å². The molecule has 13 heteroatoms. The molecule has 3 aromatic carbocycles. The molecule has 0 bridgehead atoms. The molecule has 1 aliphatic heterocycles. The number of aromatic nitrogens is 1. The standard InChI is InChI=1S/C38H42N4O8S/c1-23-33(51-22-40-23)26-9-5-24(6-10-26)18-39-35(45)31-17-28(43)19-42(31)36(46)34(38(2,3)4)41-32(44)21-49-20-25-7-13-29(14-8-25)50-30-15-11-27(12-16-30)37(47)48/h5-16,22,28,31,34,43H,17-21H2,1-4H3,(H,39,45)(H,41,44)(H,47,48)/t28-,31?,34-/m1/s1. The summed E-state index contributed by atoms with van der Waals surface area (Å²) in [7, 11) is 0. The highest BCUT2D eigenvalue weighted by molar-refractivity contribution is 7.13. The van der Waals surface area contributed by atoms with Crippen LogP contribution in [0.3, 0.4) is 0 Å². The molecule has 268 valence electrons. The van der Waals surface area contributed by atoms with E-state index in [0.29, 0.717) is 11.5 Å². The van der Waals surface area contributed by atoms with Crippen molar-refractivity contribution in [3.05, 3.63) is 101 Å². The third kappa shape index (κ3) is 9.78. The summed E-state index contributed by atoms with van der Waals surface area (Å²) >= 11 is 1.57. The number of β-amino-alcohol motifs (C(OH)–C–C–N with tert-alkyl or cyclic N) is 1. The van der Waals surface area contributed by atoms with Gasteiger partial charge in [0.25, 0.3) is 0 Å². The molecule has 1 fully saturated rings. The number of hydrogen-bond donors (Lipinski definition) is 4. The molecule has 3 atom stereocenters. The van der Waals surface area contributed by atoms with E-state index in [4.69, 9.17) is 14.6 Å². The SMILES string of the molecule is Cc1ncsc1-c1ccc(CNC(=O)C2C[C@@H](O)CN2C(=O)[C@@H](NC(=O)COCc2ccc(Oc3ccc(C(=O)O)cc3)cc2)C(C)(C)C)cc1. The molecule has 1 saturated heterocycles. The number of nitrogens with zero attached hydrogens (tertiary/aromatic N) is 2. The lowest BCUT2D eigenvalue weighted by Crippen LogP contribution is -2.58. The van der Waals surface area contributed by atoms with Gasteiger partial charge in [0.1, 0.15) is 30.2 Å². The maximum Gasteiger partial charge on any atom is 0.335 e. The van der Waals surface area contributed by atoms with Crippen LogP contribution in [0.15, 0.2) is 78.3 Å². The van der Waals surface area contributed by atoms with Crippen LogP contribution >= 0.6 is 11.3 Å². The van der Waals surface area contributed by atoms with Crippen molar-refractivity contribution in [3.8, 4) is 21.9 Å². The Morgan fingerprint density at radius 2 is 1.59 bits per heavy atom. The lowest BCUT2D eigenvalue weighted by Gasteiger charge is -2.35. The summed E-state index contributed by atoms with van der Waals surface area (Å²) in [4.78, 5) is 58.0. The van der Waals surface area contributed by atoms with Gasteiger partial charge in [0.2, 0.25) is 17.7 Å². The second-order valence-electron chi connectivity index (χ2n) is 13.5. The molecule has 0 saturated carbocycles. The number of aliphatic hydroxyl groups is 1. The van der Waals surface area contributed by atoms with E-state index in [9.17, 15) is 24.3 Å². The van der Waals surface area contributed by atoms with Crippen LogP contribution in [-0.4, -0.2) is 75.1 Å². The van der Waals surface area contributed by atoms with Gasteiger partial charge >= 0.3 is 5.97 Å². The maximum atomic E-state index is 13.9. The van der Waals surface area contributed by atoms with Gasteiger partial charge < -0.3 is 35.2 Å².